The van der Waals surface area contributed by atoms with Crippen molar-refractivity contribution in [2.75, 3.05) is 12.4 Å². The van der Waals surface area contributed by atoms with E-state index in [0.717, 1.165) is 22.5 Å². The highest BCUT2D eigenvalue weighted by Crippen LogP contribution is 2.31. The van der Waals surface area contributed by atoms with Crippen LogP contribution in [0.15, 0.2) is 48.5 Å². The fourth-order valence-corrected chi connectivity index (χ4v) is 2.60. The Kier molecular flexibility index (Phi) is 3.15. The molecule has 3 aromatic rings. The number of aromatic nitrogens is 1. The molecule has 0 unspecified atom stereocenters. The van der Waals surface area contributed by atoms with Crippen molar-refractivity contribution in [3.63, 3.8) is 0 Å². The molecular formula is C18H18N2. The van der Waals surface area contributed by atoms with Crippen molar-refractivity contribution in [2.24, 2.45) is 0 Å². The maximum absolute atomic E-state index is 4.87. The smallest absolute Gasteiger partial charge is 0.0762 e. The van der Waals surface area contributed by atoms with E-state index in [2.05, 4.69) is 49.5 Å². The zero-order chi connectivity index (χ0) is 14.1. The molecule has 0 spiro atoms. The van der Waals surface area contributed by atoms with Crippen molar-refractivity contribution >= 4 is 16.6 Å². The van der Waals surface area contributed by atoms with Crippen molar-refractivity contribution in [2.45, 2.75) is 13.8 Å². The number of nitrogens with zero attached hydrogens (tertiary/aromatic N) is 1. The molecule has 20 heavy (non-hydrogen) atoms. The van der Waals surface area contributed by atoms with Crippen LogP contribution in [0, 0.1) is 13.8 Å². The molecule has 3 rings (SSSR count). The second-order valence-corrected chi connectivity index (χ2v) is 5.09. The van der Waals surface area contributed by atoms with Crippen LogP contribution >= 0.6 is 0 Å². The molecule has 1 N–H and O–H groups in total. The van der Waals surface area contributed by atoms with Crippen molar-refractivity contribution in [1.29, 1.82) is 0 Å². The second kappa shape index (κ2) is 4.97. The number of hydrogen-bond acceptors (Lipinski definition) is 2. The van der Waals surface area contributed by atoms with Gasteiger partial charge in [0.05, 0.1) is 11.2 Å². The van der Waals surface area contributed by atoms with Crippen LogP contribution in [0.25, 0.3) is 22.2 Å². The number of aryl methyl sites for hydroxylation is 2. The minimum absolute atomic E-state index is 1.01. The van der Waals surface area contributed by atoms with Gasteiger partial charge in [-0.2, -0.15) is 0 Å². The first-order valence-electron chi connectivity index (χ1n) is 6.85. The maximum atomic E-state index is 4.87. The van der Waals surface area contributed by atoms with E-state index in [1.807, 2.05) is 25.2 Å². The van der Waals surface area contributed by atoms with E-state index in [9.17, 15) is 0 Å². The first-order chi connectivity index (χ1) is 9.70. The number of pyridine rings is 1. The highest BCUT2D eigenvalue weighted by Gasteiger charge is 2.10. The SMILES string of the molecule is CNc1cc(-c2ccccc2)nc2c(C)ccc(C)c12. The molecule has 2 nitrogen and oxygen atoms in total. The lowest BCUT2D eigenvalue weighted by Crippen LogP contribution is -1.97. The molecule has 0 bridgehead atoms. The van der Waals surface area contributed by atoms with Crippen molar-refractivity contribution in [3.05, 3.63) is 59.7 Å². The predicted octanol–water partition coefficient (Wildman–Crippen LogP) is 4.56. The minimum atomic E-state index is 1.01. The Bertz CT molecular complexity index is 761. The molecule has 0 fully saturated rings. The van der Waals surface area contributed by atoms with E-state index in [1.165, 1.54) is 16.5 Å². The van der Waals surface area contributed by atoms with Gasteiger partial charge in [0.2, 0.25) is 0 Å². The summed E-state index contributed by atoms with van der Waals surface area (Å²) in [5, 5.41) is 4.52. The lowest BCUT2D eigenvalue weighted by Gasteiger charge is -2.13. The van der Waals surface area contributed by atoms with Gasteiger partial charge in [-0.25, -0.2) is 4.98 Å². The van der Waals surface area contributed by atoms with E-state index in [4.69, 9.17) is 4.98 Å². The van der Waals surface area contributed by atoms with Gasteiger partial charge in [0.1, 0.15) is 0 Å². The van der Waals surface area contributed by atoms with E-state index in [0.29, 0.717) is 0 Å². The molecule has 0 saturated carbocycles. The van der Waals surface area contributed by atoms with Gasteiger partial charge in [-0.1, -0.05) is 42.5 Å². The zero-order valence-electron chi connectivity index (χ0n) is 12.1. The lowest BCUT2D eigenvalue weighted by atomic mass is 10.0. The first kappa shape index (κ1) is 12.7. The summed E-state index contributed by atoms with van der Waals surface area (Å²) >= 11 is 0. The van der Waals surface area contributed by atoms with Crippen LogP contribution in [-0.4, -0.2) is 12.0 Å². The second-order valence-electron chi connectivity index (χ2n) is 5.09. The minimum Gasteiger partial charge on any atom is -0.388 e. The summed E-state index contributed by atoms with van der Waals surface area (Å²) in [6.45, 7) is 4.25. The third kappa shape index (κ3) is 2.03. The van der Waals surface area contributed by atoms with E-state index < -0.39 is 0 Å². The molecule has 1 aromatic heterocycles. The molecule has 0 radical (unpaired) electrons. The number of benzene rings is 2. The summed E-state index contributed by atoms with van der Waals surface area (Å²) < 4.78 is 0. The Morgan fingerprint density at radius 2 is 1.60 bits per heavy atom. The normalized spacial score (nSPS) is 10.8. The Labute approximate surface area is 119 Å². The number of rotatable bonds is 2. The number of anilines is 1. The average molecular weight is 262 g/mol. The van der Waals surface area contributed by atoms with Gasteiger partial charge >= 0.3 is 0 Å². The highest BCUT2D eigenvalue weighted by atomic mass is 14.8. The quantitative estimate of drug-likeness (QED) is 0.732. The summed E-state index contributed by atoms with van der Waals surface area (Å²) in [4.78, 5) is 4.87. The van der Waals surface area contributed by atoms with Gasteiger partial charge in [-0.3, -0.25) is 0 Å². The van der Waals surface area contributed by atoms with Crippen LogP contribution in [0.5, 0.6) is 0 Å². The van der Waals surface area contributed by atoms with E-state index >= 15 is 0 Å². The standard InChI is InChI=1S/C18H18N2/c1-12-9-10-13(2)18-17(12)16(19-3)11-15(20-18)14-7-5-4-6-8-14/h4-11H,1-3H3,(H,19,20). The van der Waals surface area contributed by atoms with Gasteiger partial charge in [-0.05, 0) is 31.0 Å². The van der Waals surface area contributed by atoms with Gasteiger partial charge in [-0.15, -0.1) is 0 Å². The Hall–Kier alpha value is -2.35. The summed E-state index contributed by atoms with van der Waals surface area (Å²) in [7, 11) is 1.96. The van der Waals surface area contributed by atoms with Crippen molar-refractivity contribution in [3.8, 4) is 11.3 Å². The van der Waals surface area contributed by atoms with E-state index in [-0.39, 0.29) is 0 Å². The summed E-state index contributed by atoms with van der Waals surface area (Å²) in [5.74, 6) is 0. The molecule has 1 heterocycles. The molecule has 0 aliphatic rings. The Balaban J connectivity index is 2.35. The molecule has 0 atom stereocenters. The fraction of sp³-hybridized carbons (Fsp3) is 0.167. The molecule has 0 saturated heterocycles. The van der Waals surface area contributed by atoms with Gasteiger partial charge in [0.25, 0.3) is 0 Å². The molecule has 2 heteroatoms. The Morgan fingerprint density at radius 3 is 2.30 bits per heavy atom. The number of fused-ring (bicyclic) bond motifs is 1. The monoisotopic (exact) mass is 262 g/mol. The fourth-order valence-electron chi connectivity index (χ4n) is 2.60. The molecule has 0 amide bonds. The molecule has 2 aromatic carbocycles. The summed E-state index contributed by atoms with van der Waals surface area (Å²) in [6.07, 6.45) is 0. The lowest BCUT2D eigenvalue weighted by molar-refractivity contribution is 1.33. The molecule has 0 aliphatic carbocycles. The van der Waals surface area contributed by atoms with Crippen molar-refractivity contribution < 1.29 is 0 Å². The summed E-state index contributed by atoms with van der Waals surface area (Å²) in [5.41, 5.74) is 6.83. The van der Waals surface area contributed by atoms with Crippen LogP contribution in [0.3, 0.4) is 0 Å². The van der Waals surface area contributed by atoms with Crippen LogP contribution in [0.2, 0.25) is 0 Å². The molecule has 100 valence electrons. The zero-order valence-corrected chi connectivity index (χ0v) is 12.1. The van der Waals surface area contributed by atoms with Crippen LogP contribution in [0.4, 0.5) is 5.69 Å². The highest BCUT2D eigenvalue weighted by molar-refractivity contribution is 5.97. The maximum Gasteiger partial charge on any atom is 0.0762 e. The third-order valence-corrected chi connectivity index (χ3v) is 3.71. The third-order valence-electron chi connectivity index (χ3n) is 3.71. The average Bonchev–Trinajstić information content (AvgIpc) is 2.51. The largest absolute Gasteiger partial charge is 0.388 e. The van der Waals surface area contributed by atoms with Gasteiger partial charge in [0, 0.05) is 23.7 Å². The van der Waals surface area contributed by atoms with Crippen molar-refractivity contribution in [1.82, 2.24) is 4.98 Å². The summed E-state index contributed by atoms with van der Waals surface area (Å²) in [6, 6.07) is 16.7. The predicted molar refractivity (Wildman–Crippen MR) is 86.2 cm³/mol. The topological polar surface area (TPSA) is 24.9 Å². The molecular weight excluding hydrogens is 244 g/mol. The molecule has 0 aliphatic heterocycles. The first-order valence-corrected chi connectivity index (χ1v) is 6.85. The number of nitrogens with one attached hydrogen (secondary N) is 1. The Morgan fingerprint density at radius 1 is 0.900 bits per heavy atom. The van der Waals surface area contributed by atoms with E-state index in [1.54, 1.807) is 0 Å². The van der Waals surface area contributed by atoms with Gasteiger partial charge < -0.3 is 5.32 Å². The number of hydrogen-bond donors (Lipinski definition) is 1. The van der Waals surface area contributed by atoms with Crippen LogP contribution < -0.4 is 5.32 Å². The van der Waals surface area contributed by atoms with Gasteiger partial charge in [0.15, 0.2) is 0 Å². The van der Waals surface area contributed by atoms with Crippen LogP contribution in [0.1, 0.15) is 11.1 Å². The van der Waals surface area contributed by atoms with Crippen LogP contribution in [-0.2, 0) is 0 Å².